The van der Waals surface area contributed by atoms with Crippen molar-refractivity contribution in [2.24, 2.45) is 0 Å². The van der Waals surface area contributed by atoms with E-state index in [4.69, 9.17) is 0 Å². The van der Waals surface area contributed by atoms with Crippen molar-refractivity contribution in [2.75, 3.05) is 6.54 Å². The van der Waals surface area contributed by atoms with Crippen molar-refractivity contribution in [3.05, 3.63) is 23.2 Å². The Kier molecular flexibility index (Phi) is 1.87. The van der Waals surface area contributed by atoms with Gasteiger partial charge in [0.2, 0.25) is 0 Å². The lowest BCUT2D eigenvalue weighted by Crippen LogP contribution is -2.19. The minimum absolute atomic E-state index is 0.140. The van der Waals surface area contributed by atoms with Gasteiger partial charge >= 0.3 is 0 Å². The monoisotopic (exact) mass is 208 g/mol. The minimum Gasteiger partial charge on any atom is -0.391 e. The molecule has 14 heavy (non-hydrogen) atoms. The number of aromatic amines is 1. The van der Waals surface area contributed by atoms with E-state index in [0.29, 0.717) is 0 Å². The van der Waals surface area contributed by atoms with Gasteiger partial charge in [-0.25, -0.2) is 0 Å². The van der Waals surface area contributed by atoms with Gasteiger partial charge in [-0.3, -0.25) is 0 Å². The first-order chi connectivity index (χ1) is 6.84. The number of hydrogen-bond donors (Lipinski definition) is 3. The van der Waals surface area contributed by atoms with Crippen molar-refractivity contribution in [3.63, 3.8) is 0 Å². The smallest absolute Gasteiger partial charge is 0.0999 e. The van der Waals surface area contributed by atoms with E-state index in [2.05, 4.69) is 22.4 Å². The van der Waals surface area contributed by atoms with E-state index in [9.17, 15) is 5.11 Å². The second-order valence-corrected chi connectivity index (χ2v) is 4.78. The largest absolute Gasteiger partial charge is 0.391 e. The molecular formula is C10H12N2OS. The van der Waals surface area contributed by atoms with Gasteiger partial charge < -0.3 is 15.4 Å². The van der Waals surface area contributed by atoms with Crippen LogP contribution in [0, 0.1) is 0 Å². The highest BCUT2D eigenvalue weighted by molar-refractivity contribution is 7.18. The molecule has 2 aromatic rings. The van der Waals surface area contributed by atoms with Gasteiger partial charge in [0.15, 0.2) is 0 Å². The molecule has 3 nitrogen and oxygen atoms in total. The van der Waals surface area contributed by atoms with E-state index in [1.807, 2.05) is 6.20 Å². The van der Waals surface area contributed by atoms with Gasteiger partial charge in [-0.2, -0.15) is 0 Å². The van der Waals surface area contributed by atoms with Crippen molar-refractivity contribution in [2.45, 2.75) is 18.6 Å². The second-order valence-electron chi connectivity index (χ2n) is 3.70. The van der Waals surface area contributed by atoms with E-state index >= 15 is 0 Å². The normalized spacial score (nSPS) is 27.5. The first kappa shape index (κ1) is 8.47. The molecule has 0 bridgehead atoms. The van der Waals surface area contributed by atoms with Crippen molar-refractivity contribution in [1.82, 2.24) is 10.3 Å². The summed E-state index contributed by atoms with van der Waals surface area (Å²) in [4.78, 5) is 5.62. The summed E-state index contributed by atoms with van der Waals surface area (Å²) in [7, 11) is 0. The van der Waals surface area contributed by atoms with Crippen LogP contribution in [0.15, 0.2) is 18.3 Å². The van der Waals surface area contributed by atoms with E-state index < -0.39 is 0 Å². The van der Waals surface area contributed by atoms with Crippen molar-refractivity contribution in [3.8, 4) is 0 Å². The summed E-state index contributed by atoms with van der Waals surface area (Å²) in [6, 6.07) is 4.36. The Morgan fingerprint density at radius 3 is 3.14 bits per heavy atom. The molecule has 1 saturated heterocycles. The molecule has 2 aromatic heterocycles. The van der Waals surface area contributed by atoms with Gasteiger partial charge in [0.25, 0.3) is 0 Å². The van der Waals surface area contributed by atoms with E-state index in [1.165, 1.54) is 15.1 Å². The maximum Gasteiger partial charge on any atom is 0.0999 e. The summed E-state index contributed by atoms with van der Waals surface area (Å²) < 4.78 is 0. The zero-order valence-electron chi connectivity index (χ0n) is 7.66. The van der Waals surface area contributed by atoms with Gasteiger partial charge in [-0.1, -0.05) is 0 Å². The van der Waals surface area contributed by atoms with Gasteiger partial charge in [0.1, 0.15) is 0 Å². The van der Waals surface area contributed by atoms with Crippen LogP contribution in [-0.4, -0.2) is 22.7 Å². The third-order valence-electron chi connectivity index (χ3n) is 2.75. The Labute approximate surface area is 85.8 Å². The molecule has 0 saturated carbocycles. The van der Waals surface area contributed by atoms with Crippen LogP contribution in [0.3, 0.4) is 0 Å². The quantitative estimate of drug-likeness (QED) is 0.667. The Balaban J connectivity index is 2.01. The van der Waals surface area contributed by atoms with E-state index in [0.717, 1.165) is 13.0 Å². The van der Waals surface area contributed by atoms with Gasteiger partial charge in [-0.05, 0) is 25.1 Å². The van der Waals surface area contributed by atoms with Gasteiger partial charge in [0.05, 0.1) is 17.0 Å². The predicted molar refractivity (Wildman–Crippen MR) is 57.5 cm³/mol. The number of aliphatic hydroxyl groups excluding tert-OH is 1. The van der Waals surface area contributed by atoms with Crippen molar-refractivity contribution < 1.29 is 5.11 Å². The average Bonchev–Trinajstić information content (AvgIpc) is 2.75. The summed E-state index contributed by atoms with van der Waals surface area (Å²) in [6.07, 6.45) is 2.58. The van der Waals surface area contributed by atoms with Crippen LogP contribution in [0.25, 0.3) is 10.2 Å². The molecule has 0 aromatic carbocycles. The van der Waals surface area contributed by atoms with E-state index in [1.54, 1.807) is 11.3 Å². The fourth-order valence-corrected chi connectivity index (χ4v) is 3.16. The highest BCUT2D eigenvalue weighted by Crippen LogP contribution is 2.33. The van der Waals surface area contributed by atoms with Crippen molar-refractivity contribution in [1.29, 1.82) is 0 Å². The molecule has 1 aliphatic rings. The van der Waals surface area contributed by atoms with Crippen LogP contribution in [0.4, 0.5) is 0 Å². The topological polar surface area (TPSA) is 48.0 Å². The molecule has 3 N–H and O–H groups in total. The number of hydrogen-bond acceptors (Lipinski definition) is 3. The molecule has 1 aliphatic heterocycles. The van der Waals surface area contributed by atoms with Crippen molar-refractivity contribution >= 4 is 21.6 Å². The standard InChI is InChI=1S/C10H12N2OS/c13-7-2-4-11-9(7)8-5-6-1-3-12-10(6)14-8/h1,3,5,7,9,11-13H,2,4H2. The molecule has 0 radical (unpaired) electrons. The SMILES string of the molecule is OC1CCNC1c1cc2cc[nH]c2s1. The zero-order chi connectivity index (χ0) is 9.54. The van der Waals surface area contributed by atoms with Crippen LogP contribution in [-0.2, 0) is 0 Å². The lowest BCUT2D eigenvalue weighted by Gasteiger charge is -2.11. The number of rotatable bonds is 1. The fourth-order valence-electron chi connectivity index (χ4n) is 2.00. The van der Waals surface area contributed by atoms with Crippen LogP contribution in [0.1, 0.15) is 17.3 Å². The number of H-pyrrole nitrogens is 1. The Morgan fingerprint density at radius 1 is 1.50 bits per heavy atom. The molecule has 74 valence electrons. The molecule has 1 fully saturated rings. The molecule has 3 heterocycles. The highest BCUT2D eigenvalue weighted by Gasteiger charge is 2.27. The van der Waals surface area contributed by atoms with Gasteiger partial charge in [-0.15, -0.1) is 11.3 Å². The summed E-state index contributed by atoms with van der Waals surface area (Å²) in [5, 5.41) is 14.3. The minimum atomic E-state index is -0.224. The molecule has 2 atom stereocenters. The zero-order valence-corrected chi connectivity index (χ0v) is 8.47. The molecule has 0 aliphatic carbocycles. The van der Waals surface area contributed by atoms with Crippen LogP contribution >= 0.6 is 11.3 Å². The molecule has 3 rings (SSSR count). The number of aromatic nitrogens is 1. The second kappa shape index (κ2) is 3.08. The number of thiophene rings is 1. The highest BCUT2D eigenvalue weighted by atomic mass is 32.1. The Morgan fingerprint density at radius 2 is 2.43 bits per heavy atom. The van der Waals surface area contributed by atoms with E-state index in [-0.39, 0.29) is 12.1 Å². The lowest BCUT2D eigenvalue weighted by atomic mass is 10.1. The molecule has 0 amide bonds. The summed E-state index contributed by atoms with van der Waals surface area (Å²) >= 11 is 1.73. The summed E-state index contributed by atoms with van der Waals surface area (Å²) in [6.45, 7) is 0.914. The fraction of sp³-hybridized carbons (Fsp3) is 0.400. The number of aliphatic hydroxyl groups is 1. The first-order valence-electron chi connectivity index (χ1n) is 4.83. The maximum atomic E-state index is 9.74. The summed E-state index contributed by atoms with van der Waals surface area (Å²) in [5.74, 6) is 0. The Bertz CT molecular complexity index is 419. The molecular weight excluding hydrogens is 196 g/mol. The molecule has 2 unspecified atom stereocenters. The predicted octanol–water partition coefficient (Wildman–Crippen LogP) is 1.62. The first-order valence-corrected chi connectivity index (χ1v) is 5.64. The average molecular weight is 208 g/mol. The number of fused-ring (bicyclic) bond motifs is 1. The summed E-state index contributed by atoms with van der Waals surface area (Å²) in [5.41, 5.74) is 0. The molecule has 0 spiro atoms. The van der Waals surface area contributed by atoms with Crippen LogP contribution < -0.4 is 5.32 Å². The third-order valence-corrected chi connectivity index (χ3v) is 3.92. The lowest BCUT2D eigenvalue weighted by molar-refractivity contribution is 0.161. The maximum absolute atomic E-state index is 9.74. The van der Waals surface area contributed by atoms with Crippen LogP contribution in [0.5, 0.6) is 0 Å². The molecule has 4 heteroatoms. The number of nitrogens with one attached hydrogen (secondary N) is 2. The van der Waals surface area contributed by atoms with Gasteiger partial charge in [0, 0.05) is 16.5 Å². The Hall–Kier alpha value is -0.840. The van der Waals surface area contributed by atoms with Crippen LogP contribution in [0.2, 0.25) is 0 Å². The third kappa shape index (κ3) is 1.19.